The number of hydrogen-bond donors (Lipinski definition) is 1. The normalized spacial score (nSPS) is 18.9. The molecule has 0 aliphatic carbocycles. The van der Waals surface area contributed by atoms with Crippen LogP contribution < -0.4 is 5.32 Å². The van der Waals surface area contributed by atoms with E-state index in [-0.39, 0.29) is 12.0 Å². The molecule has 1 aromatic carbocycles. The van der Waals surface area contributed by atoms with Crippen LogP contribution >= 0.6 is 22.9 Å². The number of fused-ring (bicyclic) bond motifs is 1. The minimum atomic E-state index is -0.0958. The van der Waals surface area contributed by atoms with Crippen LogP contribution in [-0.4, -0.2) is 30.1 Å². The Bertz CT molecular complexity index is 608. The van der Waals surface area contributed by atoms with Crippen LogP contribution in [0.25, 0.3) is 10.2 Å². The van der Waals surface area contributed by atoms with Crippen LogP contribution in [0.15, 0.2) is 18.2 Å². The van der Waals surface area contributed by atoms with Gasteiger partial charge < -0.3 is 10.1 Å². The van der Waals surface area contributed by atoms with E-state index in [2.05, 4.69) is 10.3 Å². The van der Waals surface area contributed by atoms with Gasteiger partial charge in [0.15, 0.2) is 4.47 Å². The van der Waals surface area contributed by atoms with Gasteiger partial charge in [0.2, 0.25) is 0 Å². The molecule has 1 amide bonds. The minimum Gasteiger partial charge on any atom is -0.376 e. The highest BCUT2D eigenvalue weighted by atomic mass is 35.5. The van der Waals surface area contributed by atoms with Crippen molar-refractivity contribution >= 4 is 39.1 Å². The van der Waals surface area contributed by atoms with Crippen molar-refractivity contribution in [1.29, 1.82) is 0 Å². The maximum atomic E-state index is 12.0. The maximum absolute atomic E-state index is 12.0. The zero-order valence-electron chi connectivity index (χ0n) is 10.2. The first-order valence-electron chi connectivity index (χ1n) is 6.18. The number of ether oxygens (including phenoxy) is 1. The van der Waals surface area contributed by atoms with E-state index in [4.69, 9.17) is 16.3 Å². The van der Waals surface area contributed by atoms with Crippen molar-refractivity contribution < 1.29 is 9.53 Å². The summed E-state index contributed by atoms with van der Waals surface area (Å²) in [6, 6.07) is 5.43. The highest BCUT2D eigenvalue weighted by Gasteiger charge is 2.17. The summed E-state index contributed by atoms with van der Waals surface area (Å²) in [4.78, 5) is 16.2. The van der Waals surface area contributed by atoms with Gasteiger partial charge in [-0.1, -0.05) is 11.6 Å². The number of carbonyl (C=O) groups is 1. The van der Waals surface area contributed by atoms with Gasteiger partial charge in [0, 0.05) is 18.7 Å². The van der Waals surface area contributed by atoms with E-state index >= 15 is 0 Å². The molecule has 0 saturated carbocycles. The first kappa shape index (κ1) is 12.8. The first-order chi connectivity index (χ1) is 9.22. The summed E-state index contributed by atoms with van der Waals surface area (Å²) in [6.45, 7) is 1.36. The van der Waals surface area contributed by atoms with E-state index in [1.807, 2.05) is 6.07 Å². The van der Waals surface area contributed by atoms with E-state index in [0.717, 1.165) is 29.7 Å². The van der Waals surface area contributed by atoms with Crippen molar-refractivity contribution in [3.63, 3.8) is 0 Å². The monoisotopic (exact) mass is 296 g/mol. The number of rotatable bonds is 3. The Morgan fingerprint density at radius 1 is 1.58 bits per heavy atom. The molecule has 0 radical (unpaired) electrons. The van der Waals surface area contributed by atoms with Crippen molar-refractivity contribution in [2.24, 2.45) is 0 Å². The van der Waals surface area contributed by atoms with Crippen LogP contribution in [0.4, 0.5) is 0 Å². The third-order valence-corrected chi connectivity index (χ3v) is 4.28. The summed E-state index contributed by atoms with van der Waals surface area (Å²) in [7, 11) is 0. The number of thiazole rings is 1. The molecule has 6 heteroatoms. The summed E-state index contributed by atoms with van der Waals surface area (Å²) >= 11 is 7.26. The molecular formula is C13H13ClN2O2S. The summed E-state index contributed by atoms with van der Waals surface area (Å²) < 4.78 is 6.95. The van der Waals surface area contributed by atoms with Crippen molar-refractivity contribution in [2.75, 3.05) is 13.2 Å². The number of amides is 1. The van der Waals surface area contributed by atoms with E-state index < -0.39 is 0 Å². The molecule has 1 unspecified atom stereocenters. The largest absolute Gasteiger partial charge is 0.376 e. The van der Waals surface area contributed by atoms with Gasteiger partial charge in [0.25, 0.3) is 5.91 Å². The van der Waals surface area contributed by atoms with Crippen molar-refractivity contribution in [3.8, 4) is 0 Å². The van der Waals surface area contributed by atoms with Crippen LogP contribution in [0.2, 0.25) is 4.47 Å². The number of benzene rings is 1. The van der Waals surface area contributed by atoms with E-state index in [1.54, 1.807) is 12.1 Å². The number of carbonyl (C=O) groups excluding carboxylic acids is 1. The molecule has 2 heterocycles. The molecule has 1 fully saturated rings. The molecule has 0 spiro atoms. The fourth-order valence-electron chi connectivity index (χ4n) is 2.15. The Hall–Kier alpha value is -1.17. The molecule has 0 bridgehead atoms. The summed E-state index contributed by atoms with van der Waals surface area (Å²) in [5.74, 6) is -0.0958. The van der Waals surface area contributed by atoms with Crippen molar-refractivity contribution in [2.45, 2.75) is 18.9 Å². The predicted octanol–water partition coefficient (Wildman–Crippen LogP) is 2.86. The number of nitrogens with one attached hydrogen (secondary N) is 1. The average Bonchev–Trinajstić information content (AvgIpc) is 3.02. The topological polar surface area (TPSA) is 51.2 Å². The molecule has 2 aromatic rings. The van der Waals surface area contributed by atoms with E-state index in [9.17, 15) is 4.79 Å². The second kappa shape index (κ2) is 5.45. The van der Waals surface area contributed by atoms with Gasteiger partial charge in [0.05, 0.1) is 16.3 Å². The molecule has 1 N–H and O–H groups in total. The maximum Gasteiger partial charge on any atom is 0.251 e. The Morgan fingerprint density at radius 3 is 3.26 bits per heavy atom. The highest BCUT2D eigenvalue weighted by molar-refractivity contribution is 7.22. The van der Waals surface area contributed by atoms with Gasteiger partial charge in [-0.05, 0) is 31.0 Å². The molecule has 1 atom stereocenters. The zero-order chi connectivity index (χ0) is 13.2. The molecular weight excluding hydrogens is 284 g/mol. The highest BCUT2D eigenvalue weighted by Crippen LogP contribution is 2.26. The molecule has 1 aromatic heterocycles. The number of halogens is 1. The lowest BCUT2D eigenvalue weighted by molar-refractivity contribution is 0.0858. The Balaban J connectivity index is 1.69. The first-order valence-corrected chi connectivity index (χ1v) is 7.38. The van der Waals surface area contributed by atoms with E-state index in [1.165, 1.54) is 11.3 Å². The van der Waals surface area contributed by atoms with Gasteiger partial charge in [0.1, 0.15) is 0 Å². The van der Waals surface area contributed by atoms with Crippen LogP contribution in [-0.2, 0) is 4.74 Å². The third-order valence-electron chi connectivity index (χ3n) is 3.14. The Labute approximate surface area is 119 Å². The molecule has 1 aliphatic heterocycles. The molecule has 3 rings (SSSR count). The van der Waals surface area contributed by atoms with Crippen LogP contribution in [0, 0.1) is 0 Å². The smallest absolute Gasteiger partial charge is 0.251 e. The fourth-order valence-corrected chi connectivity index (χ4v) is 3.17. The molecule has 1 saturated heterocycles. The van der Waals surface area contributed by atoms with Gasteiger partial charge in [-0.3, -0.25) is 4.79 Å². The zero-order valence-corrected chi connectivity index (χ0v) is 11.8. The van der Waals surface area contributed by atoms with Gasteiger partial charge in [-0.2, -0.15) is 0 Å². The predicted molar refractivity (Wildman–Crippen MR) is 75.9 cm³/mol. The van der Waals surface area contributed by atoms with E-state index in [0.29, 0.717) is 16.6 Å². The van der Waals surface area contributed by atoms with Crippen molar-refractivity contribution in [1.82, 2.24) is 10.3 Å². The molecule has 100 valence electrons. The van der Waals surface area contributed by atoms with Gasteiger partial charge in [-0.25, -0.2) is 4.98 Å². The lowest BCUT2D eigenvalue weighted by atomic mass is 10.2. The Kier molecular flexibility index (Phi) is 3.68. The molecule has 4 nitrogen and oxygen atoms in total. The average molecular weight is 297 g/mol. The standard InChI is InChI=1S/C13H13ClN2O2S/c14-13-16-10-6-8(3-4-11(10)19-13)12(17)15-7-9-2-1-5-18-9/h3-4,6,9H,1-2,5,7H2,(H,15,17). The summed E-state index contributed by atoms with van der Waals surface area (Å²) in [5.41, 5.74) is 1.37. The Morgan fingerprint density at radius 2 is 2.47 bits per heavy atom. The van der Waals surface area contributed by atoms with Gasteiger partial charge >= 0.3 is 0 Å². The minimum absolute atomic E-state index is 0.0958. The van der Waals surface area contributed by atoms with Crippen LogP contribution in [0.1, 0.15) is 23.2 Å². The number of nitrogens with zero attached hydrogens (tertiary/aromatic N) is 1. The van der Waals surface area contributed by atoms with Crippen LogP contribution in [0.5, 0.6) is 0 Å². The van der Waals surface area contributed by atoms with Crippen molar-refractivity contribution in [3.05, 3.63) is 28.2 Å². The quantitative estimate of drug-likeness (QED) is 0.947. The molecule has 1 aliphatic rings. The van der Waals surface area contributed by atoms with Gasteiger partial charge in [-0.15, -0.1) is 11.3 Å². The second-order valence-corrected chi connectivity index (χ2v) is 6.11. The summed E-state index contributed by atoms with van der Waals surface area (Å²) in [5, 5.41) is 2.89. The SMILES string of the molecule is O=C(NCC1CCCO1)c1ccc2sc(Cl)nc2c1. The lowest BCUT2D eigenvalue weighted by Gasteiger charge is -2.10. The van der Waals surface area contributed by atoms with Crippen LogP contribution in [0.3, 0.4) is 0 Å². The summed E-state index contributed by atoms with van der Waals surface area (Å²) in [6.07, 6.45) is 2.24. The lowest BCUT2D eigenvalue weighted by Crippen LogP contribution is -2.31. The fraction of sp³-hybridized carbons (Fsp3) is 0.385. The molecule has 19 heavy (non-hydrogen) atoms. The third kappa shape index (κ3) is 2.88. The second-order valence-electron chi connectivity index (χ2n) is 4.49. The number of hydrogen-bond acceptors (Lipinski definition) is 4. The number of aromatic nitrogens is 1.